The first kappa shape index (κ1) is 18.3. The van der Waals surface area contributed by atoms with E-state index in [9.17, 15) is 18.0 Å². The lowest BCUT2D eigenvalue weighted by atomic mass is 10.0. The molecule has 7 nitrogen and oxygen atoms in total. The first-order chi connectivity index (χ1) is 11.9. The summed E-state index contributed by atoms with van der Waals surface area (Å²) in [6.45, 7) is 0.647. The van der Waals surface area contributed by atoms with Gasteiger partial charge in [-0.15, -0.1) is 11.3 Å². The Kier molecular flexibility index (Phi) is 5.45. The first-order valence-corrected chi connectivity index (χ1v) is 10.9. The van der Waals surface area contributed by atoms with E-state index in [0.717, 1.165) is 4.88 Å². The summed E-state index contributed by atoms with van der Waals surface area (Å²) in [4.78, 5) is 29.2. The van der Waals surface area contributed by atoms with Crippen molar-refractivity contribution in [1.29, 1.82) is 0 Å². The highest BCUT2D eigenvalue weighted by molar-refractivity contribution is 7.91. The summed E-state index contributed by atoms with van der Waals surface area (Å²) < 4.78 is 29.2. The molecule has 25 heavy (non-hydrogen) atoms. The fraction of sp³-hybridized carbons (Fsp3) is 0.625. The van der Waals surface area contributed by atoms with Gasteiger partial charge in [0.05, 0.1) is 23.6 Å². The second-order valence-electron chi connectivity index (χ2n) is 6.40. The van der Waals surface area contributed by atoms with Crippen molar-refractivity contribution in [1.82, 2.24) is 9.80 Å². The Morgan fingerprint density at radius 1 is 1.20 bits per heavy atom. The van der Waals surface area contributed by atoms with Gasteiger partial charge in [0.15, 0.2) is 9.84 Å². The molecule has 0 bridgehead atoms. The number of hydrogen-bond donors (Lipinski definition) is 0. The van der Waals surface area contributed by atoms with Crippen LogP contribution < -0.4 is 0 Å². The molecule has 2 fully saturated rings. The smallest absolute Gasteiger partial charge is 0.248 e. The monoisotopic (exact) mass is 386 g/mol. The van der Waals surface area contributed by atoms with Crippen LogP contribution >= 0.6 is 11.3 Å². The van der Waals surface area contributed by atoms with Crippen LogP contribution in [-0.4, -0.2) is 80.4 Å². The SMILES string of the molecule is COCC(=O)N1CCN(C(=O)CCc2cccs2)[C@@H]2CS(=O)(=O)C[C@@H]21. The van der Waals surface area contributed by atoms with Crippen LogP contribution in [0.1, 0.15) is 11.3 Å². The highest BCUT2D eigenvalue weighted by Crippen LogP contribution is 2.28. The topological polar surface area (TPSA) is 84.0 Å². The molecular weight excluding hydrogens is 364 g/mol. The maximum atomic E-state index is 12.7. The minimum absolute atomic E-state index is 0.0423. The second kappa shape index (κ2) is 7.43. The number of fused-ring (bicyclic) bond motifs is 1. The van der Waals surface area contributed by atoms with Crippen molar-refractivity contribution in [2.24, 2.45) is 0 Å². The Labute approximate surface area is 151 Å². The van der Waals surface area contributed by atoms with Crippen molar-refractivity contribution >= 4 is 33.0 Å². The molecule has 2 aliphatic heterocycles. The summed E-state index contributed by atoms with van der Waals surface area (Å²) in [5.41, 5.74) is 0. The molecule has 3 heterocycles. The van der Waals surface area contributed by atoms with Crippen molar-refractivity contribution in [2.45, 2.75) is 24.9 Å². The highest BCUT2D eigenvalue weighted by Gasteiger charge is 2.49. The van der Waals surface area contributed by atoms with Gasteiger partial charge < -0.3 is 14.5 Å². The molecule has 1 aromatic rings. The molecular formula is C16H22N2O5S2. The van der Waals surface area contributed by atoms with Crippen molar-refractivity contribution in [3.63, 3.8) is 0 Å². The molecule has 0 radical (unpaired) electrons. The Balaban J connectivity index is 1.71. The lowest BCUT2D eigenvalue weighted by molar-refractivity contribution is -0.147. The van der Waals surface area contributed by atoms with Crippen LogP contribution in [-0.2, 0) is 30.6 Å². The fourth-order valence-corrected chi connectivity index (χ4v) is 6.30. The zero-order chi connectivity index (χ0) is 18.0. The molecule has 0 saturated carbocycles. The molecule has 0 unspecified atom stereocenters. The Bertz CT molecular complexity index is 732. The summed E-state index contributed by atoms with van der Waals surface area (Å²) in [6.07, 6.45) is 1.01. The van der Waals surface area contributed by atoms with Crippen LogP contribution in [0, 0.1) is 0 Å². The lowest BCUT2D eigenvalue weighted by Gasteiger charge is -2.43. The number of thiophene rings is 1. The van der Waals surface area contributed by atoms with E-state index < -0.39 is 21.9 Å². The minimum Gasteiger partial charge on any atom is -0.375 e. The number of amides is 2. The van der Waals surface area contributed by atoms with E-state index >= 15 is 0 Å². The third-order valence-electron chi connectivity index (χ3n) is 4.75. The van der Waals surface area contributed by atoms with E-state index in [1.54, 1.807) is 21.1 Å². The average molecular weight is 386 g/mol. The van der Waals surface area contributed by atoms with E-state index in [1.807, 2.05) is 17.5 Å². The quantitative estimate of drug-likeness (QED) is 0.720. The minimum atomic E-state index is -3.26. The van der Waals surface area contributed by atoms with E-state index in [2.05, 4.69) is 0 Å². The third kappa shape index (κ3) is 4.04. The molecule has 0 spiro atoms. The number of nitrogens with zero attached hydrogens (tertiary/aromatic N) is 2. The third-order valence-corrected chi connectivity index (χ3v) is 7.38. The van der Waals surface area contributed by atoms with Crippen molar-refractivity contribution < 1.29 is 22.7 Å². The summed E-state index contributed by atoms with van der Waals surface area (Å²) in [5.74, 6) is -0.416. The molecule has 9 heteroatoms. The van der Waals surface area contributed by atoms with Gasteiger partial charge in [-0.1, -0.05) is 6.07 Å². The molecule has 0 aliphatic carbocycles. The maximum Gasteiger partial charge on any atom is 0.248 e. The predicted molar refractivity (Wildman–Crippen MR) is 94.2 cm³/mol. The first-order valence-electron chi connectivity index (χ1n) is 8.22. The number of ether oxygens (including phenoxy) is 1. The lowest BCUT2D eigenvalue weighted by Crippen LogP contribution is -2.62. The largest absolute Gasteiger partial charge is 0.375 e. The van der Waals surface area contributed by atoms with Gasteiger partial charge in [0.2, 0.25) is 11.8 Å². The zero-order valence-corrected chi connectivity index (χ0v) is 15.7. The van der Waals surface area contributed by atoms with Gasteiger partial charge in [0.25, 0.3) is 0 Å². The van der Waals surface area contributed by atoms with E-state index in [-0.39, 0.29) is 29.9 Å². The molecule has 138 valence electrons. The summed E-state index contributed by atoms with van der Waals surface area (Å²) in [6, 6.07) is 3.02. The van der Waals surface area contributed by atoms with Crippen LogP contribution in [0.15, 0.2) is 17.5 Å². The van der Waals surface area contributed by atoms with E-state index in [0.29, 0.717) is 25.9 Å². The average Bonchev–Trinajstić information content (AvgIpc) is 3.17. The molecule has 0 aromatic carbocycles. The van der Waals surface area contributed by atoms with Gasteiger partial charge in [-0.2, -0.15) is 0 Å². The van der Waals surface area contributed by atoms with Crippen molar-refractivity contribution in [2.75, 3.05) is 38.3 Å². The van der Waals surface area contributed by atoms with Crippen LogP contribution in [0.4, 0.5) is 0 Å². The summed E-state index contributed by atoms with van der Waals surface area (Å²) in [5, 5.41) is 1.97. The number of rotatable bonds is 5. The number of methoxy groups -OCH3 is 1. The maximum absolute atomic E-state index is 12.7. The Morgan fingerprint density at radius 2 is 1.84 bits per heavy atom. The predicted octanol–water partition coefficient (Wildman–Crippen LogP) is 0.164. The molecule has 1 aromatic heterocycles. The molecule has 2 aliphatic rings. The van der Waals surface area contributed by atoms with Gasteiger partial charge in [-0.25, -0.2) is 8.42 Å². The van der Waals surface area contributed by atoms with Crippen LogP contribution in [0.25, 0.3) is 0 Å². The van der Waals surface area contributed by atoms with Gasteiger partial charge in [0.1, 0.15) is 6.61 Å². The van der Waals surface area contributed by atoms with Crippen molar-refractivity contribution in [3.05, 3.63) is 22.4 Å². The molecule has 2 atom stereocenters. The standard InChI is InChI=1S/C16H22N2O5S2/c1-23-9-16(20)18-7-6-17(13-10-25(21,22)11-14(13)18)15(19)5-4-12-3-2-8-24-12/h2-3,8,13-14H,4-7,9-11H2,1H3/t13-,14+/m1/s1. The fourth-order valence-electron chi connectivity index (χ4n) is 3.61. The van der Waals surface area contributed by atoms with Gasteiger partial charge in [-0.05, 0) is 17.9 Å². The van der Waals surface area contributed by atoms with Crippen LogP contribution in [0.2, 0.25) is 0 Å². The Hall–Kier alpha value is -1.45. The number of carbonyl (C=O) groups is 2. The molecule has 0 N–H and O–H groups in total. The van der Waals surface area contributed by atoms with Gasteiger partial charge >= 0.3 is 0 Å². The van der Waals surface area contributed by atoms with E-state index in [4.69, 9.17) is 4.74 Å². The number of piperazine rings is 1. The normalized spacial score (nSPS) is 25.0. The van der Waals surface area contributed by atoms with Crippen LogP contribution in [0.3, 0.4) is 0 Å². The highest BCUT2D eigenvalue weighted by atomic mass is 32.2. The van der Waals surface area contributed by atoms with E-state index in [1.165, 1.54) is 7.11 Å². The van der Waals surface area contributed by atoms with Crippen LogP contribution in [0.5, 0.6) is 0 Å². The number of sulfone groups is 1. The molecule has 2 amide bonds. The molecule has 3 rings (SSSR count). The van der Waals surface area contributed by atoms with Gasteiger partial charge in [-0.3, -0.25) is 9.59 Å². The van der Waals surface area contributed by atoms with Gasteiger partial charge in [0, 0.05) is 31.5 Å². The Morgan fingerprint density at radius 3 is 2.40 bits per heavy atom. The second-order valence-corrected chi connectivity index (χ2v) is 9.58. The van der Waals surface area contributed by atoms with Crippen molar-refractivity contribution in [3.8, 4) is 0 Å². The number of carbonyl (C=O) groups excluding carboxylic acids is 2. The number of hydrogen-bond acceptors (Lipinski definition) is 6. The molecule has 2 saturated heterocycles. The summed E-state index contributed by atoms with van der Waals surface area (Å²) >= 11 is 1.61. The summed E-state index contributed by atoms with van der Waals surface area (Å²) in [7, 11) is -1.83. The number of aryl methyl sites for hydroxylation is 1. The zero-order valence-electron chi connectivity index (χ0n) is 14.1.